The van der Waals surface area contributed by atoms with Gasteiger partial charge >= 0.3 is 5.69 Å². The first-order chi connectivity index (χ1) is 22.6. The van der Waals surface area contributed by atoms with Gasteiger partial charge in [0.05, 0.1) is 39.9 Å². The lowest BCUT2D eigenvalue weighted by Crippen LogP contribution is -2.23. The minimum absolute atomic E-state index is 0.180. The SMILES string of the molecule is C=CC(=O)N(C)c1cccc(-n2ccc3cc(-c4ccc5ncc6c(c5c4)n(-c4ccc(C(C)(C)C#N)cc4)c(=O)n6C)cnc32)c1. The molecule has 0 fully saturated rings. The highest BCUT2D eigenvalue weighted by Crippen LogP contribution is 2.32. The van der Waals surface area contributed by atoms with E-state index in [0.29, 0.717) is 5.69 Å². The van der Waals surface area contributed by atoms with E-state index >= 15 is 0 Å². The Kier molecular flexibility index (Phi) is 6.87. The zero-order valence-corrected chi connectivity index (χ0v) is 26.5. The summed E-state index contributed by atoms with van der Waals surface area (Å²) in [6, 6.07) is 27.8. The highest BCUT2D eigenvalue weighted by Gasteiger charge is 2.21. The monoisotopic (exact) mass is 617 g/mol. The molecule has 9 heteroatoms. The van der Waals surface area contributed by atoms with Crippen molar-refractivity contribution in [1.29, 1.82) is 5.26 Å². The van der Waals surface area contributed by atoms with Crippen LogP contribution in [0.1, 0.15) is 19.4 Å². The van der Waals surface area contributed by atoms with Crippen LogP contribution in [0.3, 0.4) is 0 Å². The van der Waals surface area contributed by atoms with Crippen molar-refractivity contribution in [2.45, 2.75) is 19.3 Å². The molecule has 0 atom stereocenters. The lowest BCUT2D eigenvalue weighted by molar-refractivity contribution is -0.113. The molecule has 230 valence electrons. The molecule has 0 bridgehead atoms. The predicted molar refractivity (Wildman–Crippen MR) is 186 cm³/mol. The van der Waals surface area contributed by atoms with E-state index in [1.54, 1.807) is 34.3 Å². The molecule has 47 heavy (non-hydrogen) atoms. The molecule has 1 amide bonds. The van der Waals surface area contributed by atoms with Gasteiger partial charge in [-0.1, -0.05) is 30.8 Å². The zero-order chi connectivity index (χ0) is 33.0. The summed E-state index contributed by atoms with van der Waals surface area (Å²) in [5.74, 6) is -0.185. The van der Waals surface area contributed by atoms with Crippen molar-refractivity contribution < 1.29 is 4.79 Å². The molecule has 0 aliphatic carbocycles. The molecule has 4 aromatic heterocycles. The number of hydrogen-bond donors (Lipinski definition) is 0. The number of hydrogen-bond acceptors (Lipinski definition) is 5. The van der Waals surface area contributed by atoms with Crippen LogP contribution in [0.2, 0.25) is 0 Å². The van der Waals surface area contributed by atoms with Crippen LogP contribution in [-0.2, 0) is 17.3 Å². The summed E-state index contributed by atoms with van der Waals surface area (Å²) in [6.45, 7) is 7.33. The van der Waals surface area contributed by atoms with Gasteiger partial charge in [-0.25, -0.2) is 9.78 Å². The highest BCUT2D eigenvalue weighted by molar-refractivity contribution is 6.05. The van der Waals surface area contributed by atoms with Gasteiger partial charge in [0, 0.05) is 54.2 Å². The molecule has 0 radical (unpaired) electrons. The normalized spacial score (nSPS) is 11.6. The van der Waals surface area contributed by atoms with Crippen molar-refractivity contribution >= 4 is 44.6 Å². The molecule has 7 aromatic rings. The summed E-state index contributed by atoms with van der Waals surface area (Å²) in [5, 5.41) is 11.4. The average molecular weight is 618 g/mol. The van der Waals surface area contributed by atoms with Crippen LogP contribution in [0.5, 0.6) is 0 Å². The van der Waals surface area contributed by atoms with E-state index in [1.165, 1.54) is 6.08 Å². The van der Waals surface area contributed by atoms with Crippen LogP contribution < -0.4 is 10.6 Å². The number of pyridine rings is 2. The van der Waals surface area contributed by atoms with Gasteiger partial charge in [-0.2, -0.15) is 5.26 Å². The van der Waals surface area contributed by atoms with Gasteiger partial charge in [0.2, 0.25) is 5.91 Å². The topological polar surface area (TPSA) is 102 Å². The number of nitriles is 1. The first kappa shape index (κ1) is 29.4. The lowest BCUT2D eigenvalue weighted by atomic mass is 9.86. The molecule has 9 nitrogen and oxygen atoms in total. The standard InChI is InChI=1S/C38H31N7O2/c1-6-34(46)42(4)29-8-7-9-30(20-29)44-17-16-25-18-26(21-41-36(25)44)24-10-15-32-31(19-24)35-33(22-40-32)43(5)37(47)45(35)28-13-11-27(12-14-28)38(2,3)23-39/h6-22H,1H2,2-5H3. The molecule has 0 saturated carbocycles. The van der Waals surface area contributed by atoms with Gasteiger partial charge in [-0.05, 0) is 85.6 Å². The first-order valence-electron chi connectivity index (χ1n) is 15.1. The maximum absolute atomic E-state index is 13.6. The summed E-state index contributed by atoms with van der Waals surface area (Å²) in [7, 11) is 3.47. The van der Waals surface area contributed by atoms with Gasteiger partial charge in [-0.15, -0.1) is 0 Å². The van der Waals surface area contributed by atoms with Gasteiger partial charge in [0.1, 0.15) is 5.65 Å². The number of rotatable bonds is 6. The van der Waals surface area contributed by atoms with E-state index in [9.17, 15) is 14.9 Å². The van der Waals surface area contributed by atoms with Crippen LogP contribution >= 0.6 is 0 Å². The number of imidazole rings is 1. The Morgan fingerprint density at radius 1 is 0.957 bits per heavy atom. The fourth-order valence-corrected chi connectivity index (χ4v) is 6.01. The van der Waals surface area contributed by atoms with Crippen LogP contribution in [0, 0.1) is 11.3 Å². The summed E-state index contributed by atoms with van der Waals surface area (Å²) in [6.07, 6.45) is 6.84. The van der Waals surface area contributed by atoms with Crippen LogP contribution in [0.25, 0.3) is 55.5 Å². The molecular formula is C38H31N7O2. The number of benzene rings is 3. The minimum atomic E-state index is -0.642. The van der Waals surface area contributed by atoms with E-state index in [4.69, 9.17) is 4.98 Å². The Balaban J connectivity index is 1.32. The number of likely N-dealkylation sites (N-methyl/N-ethyl adjacent to an activating group) is 1. The van der Waals surface area contributed by atoms with Crippen molar-refractivity contribution in [2.75, 3.05) is 11.9 Å². The predicted octanol–water partition coefficient (Wildman–Crippen LogP) is 6.83. The number of anilines is 1. The largest absolute Gasteiger partial charge is 0.333 e. The van der Waals surface area contributed by atoms with Crippen molar-refractivity contribution in [3.8, 4) is 28.6 Å². The molecule has 7 rings (SSSR count). The number of amides is 1. The minimum Gasteiger partial charge on any atom is -0.312 e. The fraction of sp³-hybridized carbons (Fsp3) is 0.132. The van der Waals surface area contributed by atoms with E-state index in [0.717, 1.165) is 61.0 Å². The number of aryl methyl sites for hydroxylation is 1. The summed E-state index contributed by atoms with van der Waals surface area (Å²) >= 11 is 0. The summed E-state index contributed by atoms with van der Waals surface area (Å²) in [5.41, 5.74) is 7.30. The summed E-state index contributed by atoms with van der Waals surface area (Å²) < 4.78 is 5.31. The molecular weight excluding hydrogens is 586 g/mol. The molecule has 0 aliphatic rings. The number of aromatic nitrogens is 5. The number of carbonyl (C=O) groups excluding carboxylic acids is 1. The molecule has 4 heterocycles. The zero-order valence-electron chi connectivity index (χ0n) is 26.5. The second kappa shape index (κ2) is 11.0. The van der Waals surface area contributed by atoms with Crippen molar-refractivity contribution in [1.82, 2.24) is 23.7 Å². The average Bonchev–Trinajstić information content (AvgIpc) is 3.65. The van der Waals surface area contributed by atoms with Crippen molar-refractivity contribution in [3.05, 3.63) is 126 Å². The van der Waals surface area contributed by atoms with Crippen LogP contribution in [0.15, 0.2) is 115 Å². The van der Waals surface area contributed by atoms with Gasteiger partial charge in [0.15, 0.2) is 0 Å². The van der Waals surface area contributed by atoms with Crippen LogP contribution in [-0.4, -0.2) is 36.6 Å². The van der Waals surface area contributed by atoms with E-state index < -0.39 is 5.41 Å². The third kappa shape index (κ3) is 4.78. The Labute approximate surface area is 270 Å². The molecule has 3 aromatic carbocycles. The fourth-order valence-electron chi connectivity index (χ4n) is 6.01. The van der Waals surface area contributed by atoms with E-state index in [1.807, 2.05) is 97.5 Å². The quantitative estimate of drug-likeness (QED) is 0.190. The Hall–Kier alpha value is -6.27. The number of nitrogens with zero attached hydrogens (tertiary/aromatic N) is 7. The van der Waals surface area contributed by atoms with E-state index in [-0.39, 0.29) is 11.6 Å². The third-order valence-corrected chi connectivity index (χ3v) is 8.87. The molecule has 0 unspecified atom stereocenters. The number of fused-ring (bicyclic) bond motifs is 4. The summed E-state index contributed by atoms with van der Waals surface area (Å²) in [4.78, 5) is 36.9. The smallest absolute Gasteiger partial charge is 0.312 e. The Bertz CT molecular complexity index is 2490. The van der Waals surface area contributed by atoms with Crippen molar-refractivity contribution in [3.63, 3.8) is 0 Å². The molecule has 0 aliphatic heterocycles. The lowest BCUT2D eigenvalue weighted by Gasteiger charge is -2.16. The third-order valence-electron chi connectivity index (χ3n) is 8.87. The maximum atomic E-state index is 13.6. The number of carbonyl (C=O) groups is 1. The Morgan fingerprint density at radius 3 is 2.49 bits per heavy atom. The maximum Gasteiger partial charge on any atom is 0.333 e. The van der Waals surface area contributed by atoms with Crippen LogP contribution in [0.4, 0.5) is 5.69 Å². The second-order valence-corrected chi connectivity index (χ2v) is 12.1. The first-order valence-corrected chi connectivity index (χ1v) is 15.1. The van der Waals surface area contributed by atoms with Crippen molar-refractivity contribution in [2.24, 2.45) is 7.05 Å². The van der Waals surface area contributed by atoms with Gasteiger partial charge in [0.25, 0.3) is 0 Å². The highest BCUT2D eigenvalue weighted by atomic mass is 16.2. The molecule has 0 saturated heterocycles. The van der Waals surface area contributed by atoms with Gasteiger partial charge in [-0.3, -0.25) is 18.9 Å². The molecule has 0 N–H and O–H groups in total. The molecule has 0 spiro atoms. The second-order valence-electron chi connectivity index (χ2n) is 12.1. The Morgan fingerprint density at radius 2 is 1.74 bits per heavy atom. The van der Waals surface area contributed by atoms with Gasteiger partial charge < -0.3 is 9.47 Å². The van der Waals surface area contributed by atoms with E-state index in [2.05, 4.69) is 29.8 Å².